The van der Waals surface area contributed by atoms with Crippen LogP contribution in [0.2, 0.25) is 0 Å². The van der Waals surface area contributed by atoms with Crippen LogP contribution in [-0.4, -0.2) is 10.1 Å². The lowest BCUT2D eigenvalue weighted by atomic mass is 9.79. The van der Waals surface area contributed by atoms with Gasteiger partial charge in [0.25, 0.3) is 0 Å². The van der Waals surface area contributed by atoms with Gasteiger partial charge >= 0.3 is 0 Å². The molecule has 2 aliphatic rings. The molecule has 1 aromatic rings. The van der Waals surface area contributed by atoms with E-state index in [2.05, 4.69) is 18.0 Å². The molecule has 1 atom stereocenters. The van der Waals surface area contributed by atoms with E-state index >= 15 is 0 Å². The highest BCUT2D eigenvalue weighted by Gasteiger charge is 2.26. The lowest BCUT2D eigenvalue weighted by Gasteiger charge is -2.29. The van der Waals surface area contributed by atoms with Gasteiger partial charge in [-0.05, 0) is 62.1 Å². The number of fused-ring (bicyclic) bond motifs is 1. The second-order valence-corrected chi connectivity index (χ2v) is 5.96. The molecule has 0 aliphatic heterocycles. The van der Waals surface area contributed by atoms with E-state index in [0.29, 0.717) is 0 Å². The molecule has 1 N–H and O–H groups in total. The number of rotatable bonds is 1. The average molecular weight is 245 g/mol. The fourth-order valence-electron chi connectivity index (χ4n) is 3.68. The highest BCUT2D eigenvalue weighted by Crippen LogP contribution is 2.39. The van der Waals surface area contributed by atoms with Crippen molar-refractivity contribution >= 4 is 0 Å². The Balaban J connectivity index is 2.02. The van der Waals surface area contributed by atoms with Gasteiger partial charge in [0.1, 0.15) is 0 Å². The Bertz CT molecular complexity index is 435. The van der Waals surface area contributed by atoms with E-state index in [1.165, 1.54) is 43.2 Å². The van der Waals surface area contributed by atoms with Crippen LogP contribution in [0.4, 0.5) is 0 Å². The maximum atomic E-state index is 10.1. The SMILES string of the molecule is Cc1cc(C2CCCCC2)c2c(n1)C(O)CCC2. The second kappa shape index (κ2) is 5.00. The Morgan fingerprint density at radius 1 is 1.11 bits per heavy atom. The van der Waals surface area contributed by atoms with Gasteiger partial charge in [0.2, 0.25) is 0 Å². The number of aliphatic hydroxyl groups is 1. The largest absolute Gasteiger partial charge is 0.387 e. The van der Waals surface area contributed by atoms with Crippen LogP contribution in [0.5, 0.6) is 0 Å². The minimum absolute atomic E-state index is 0.323. The molecule has 0 radical (unpaired) electrons. The summed E-state index contributed by atoms with van der Waals surface area (Å²) in [5.74, 6) is 0.722. The quantitative estimate of drug-likeness (QED) is 0.816. The lowest BCUT2D eigenvalue weighted by molar-refractivity contribution is 0.151. The molecule has 1 saturated carbocycles. The minimum Gasteiger partial charge on any atom is -0.387 e. The molecule has 3 rings (SSSR count). The first-order valence-corrected chi connectivity index (χ1v) is 7.44. The number of aromatic nitrogens is 1. The molecule has 18 heavy (non-hydrogen) atoms. The van der Waals surface area contributed by atoms with E-state index < -0.39 is 0 Å². The number of hydrogen-bond donors (Lipinski definition) is 1. The van der Waals surface area contributed by atoms with E-state index in [4.69, 9.17) is 0 Å². The molecule has 0 bridgehead atoms. The van der Waals surface area contributed by atoms with Crippen LogP contribution in [0, 0.1) is 6.92 Å². The summed E-state index contributed by atoms with van der Waals surface area (Å²) >= 11 is 0. The van der Waals surface area contributed by atoms with Crippen LogP contribution in [0.25, 0.3) is 0 Å². The van der Waals surface area contributed by atoms with Crippen LogP contribution in [0.1, 0.15) is 79.5 Å². The van der Waals surface area contributed by atoms with Crippen LogP contribution >= 0.6 is 0 Å². The fraction of sp³-hybridized carbons (Fsp3) is 0.688. The summed E-state index contributed by atoms with van der Waals surface area (Å²) in [6.07, 6.45) is 9.56. The van der Waals surface area contributed by atoms with Crippen LogP contribution in [0.3, 0.4) is 0 Å². The number of aryl methyl sites for hydroxylation is 1. The van der Waals surface area contributed by atoms with Crippen molar-refractivity contribution in [3.05, 3.63) is 28.6 Å². The fourth-order valence-corrected chi connectivity index (χ4v) is 3.68. The van der Waals surface area contributed by atoms with E-state index in [9.17, 15) is 5.11 Å². The van der Waals surface area contributed by atoms with E-state index in [1.807, 2.05) is 0 Å². The van der Waals surface area contributed by atoms with Crippen LogP contribution in [-0.2, 0) is 6.42 Å². The summed E-state index contributed by atoms with van der Waals surface area (Å²) in [4.78, 5) is 4.60. The molecule has 2 nitrogen and oxygen atoms in total. The molecule has 1 unspecified atom stereocenters. The Morgan fingerprint density at radius 2 is 1.89 bits per heavy atom. The average Bonchev–Trinajstić information content (AvgIpc) is 2.40. The Labute approximate surface area is 109 Å². The number of nitrogens with zero attached hydrogens (tertiary/aromatic N) is 1. The topological polar surface area (TPSA) is 33.1 Å². The third-order valence-corrected chi connectivity index (χ3v) is 4.58. The maximum absolute atomic E-state index is 10.1. The van der Waals surface area contributed by atoms with Crippen molar-refractivity contribution in [3.8, 4) is 0 Å². The van der Waals surface area contributed by atoms with Crippen molar-refractivity contribution in [2.24, 2.45) is 0 Å². The first kappa shape index (κ1) is 12.2. The minimum atomic E-state index is -0.323. The molecule has 98 valence electrons. The van der Waals surface area contributed by atoms with Crippen molar-refractivity contribution in [1.82, 2.24) is 4.98 Å². The van der Waals surface area contributed by atoms with Gasteiger partial charge in [0.05, 0.1) is 11.8 Å². The molecular weight excluding hydrogens is 222 g/mol. The molecular formula is C16H23NO. The van der Waals surface area contributed by atoms with E-state index in [0.717, 1.165) is 36.6 Å². The lowest BCUT2D eigenvalue weighted by Crippen LogP contribution is -2.17. The van der Waals surface area contributed by atoms with Gasteiger partial charge in [0.15, 0.2) is 0 Å². The summed E-state index contributed by atoms with van der Waals surface area (Å²) in [5.41, 5.74) is 4.96. The summed E-state index contributed by atoms with van der Waals surface area (Å²) < 4.78 is 0. The maximum Gasteiger partial charge on any atom is 0.0962 e. The predicted molar refractivity (Wildman–Crippen MR) is 72.7 cm³/mol. The first-order valence-electron chi connectivity index (χ1n) is 7.44. The number of hydrogen-bond acceptors (Lipinski definition) is 2. The van der Waals surface area contributed by atoms with Gasteiger partial charge in [-0.25, -0.2) is 0 Å². The molecule has 1 heterocycles. The molecule has 0 aromatic carbocycles. The highest BCUT2D eigenvalue weighted by atomic mass is 16.3. The molecule has 1 fully saturated rings. The normalized spacial score (nSPS) is 24.9. The van der Waals surface area contributed by atoms with Crippen LogP contribution < -0.4 is 0 Å². The first-order chi connectivity index (χ1) is 8.75. The zero-order valence-corrected chi connectivity index (χ0v) is 11.3. The number of aliphatic hydroxyl groups excluding tert-OH is 1. The molecule has 0 spiro atoms. The van der Waals surface area contributed by atoms with Crippen molar-refractivity contribution in [1.29, 1.82) is 0 Å². The molecule has 2 aliphatic carbocycles. The summed E-state index contributed by atoms with van der Waals surface area (Å²) in [6, 6.07) is 2.28. The van der Waals surface area contributed by atoms with E-state index in [1.54, 1.807) is 0 Å². The van der Waals surface area contributed by atoms with Crippen LogP contribution in [0.15, 0.2) is 6.07 Å². The summed E-state index contributed by atoms with van der Waals surface area (Å²) in [6.45, 7) is 2.06. The van der Waals surface area contributed by atoms with Gasteiger partial charge in [-0.1, -0.05) is 19.3 Å². The highest BCUT2D eigenvalue weighted by molar-refractivity contribution is 5.38. The van der Waals surface area contributed by atoms with Gasteiger partial charge in [-0.15, -0.1) is 0 Å². The third-order valence-electron chi connectivity index (χ3n) is 4.58. The van der Waals surface area contributed by atoms with Gasteiger partial charge in [0, 0.05) is 5.69 Å². The number of pyridine rings is 1. The molecule has 0 amide bonds. The zero-order valence-electron chi connectivity index (χ0n) is 11.3. The van der Waals surface area contributed by atoms with Gasteiger partial charge < -0.3 is 5.11 Å². The summed E-state index contributed by atoms with van der Waals surface area (Å²) in [5, 5.41) is 10.1. The smallest absolute Gasteiger partial charge is 0.0962 e. The summed E-state index contributed by atoms with van der Waals surface area (Å²) in [7, 11) is 0. The molecule has 2 heteroatoms. The molecule has 0 saturated heterocycles. The Morgan fingerprint density at radius 3 is 2.67 bits per heavy atom. The van der Waals surface area contributed by atoms with E-state index in [-0.39, 0.29) is 6.10 Å². The second-order valence-electron chi connectivity index (χ2n) is 5.96. The van der Waals surface area contributed by atoms with Crippen molar-refractivity contribution in [2.75, 3.05) is 0 Å². The van der Waals surface area contributed by atoms with Crippen molar-refractivity contribution in [2.45, 2.75) is 70.3 Å². The third kappa shape index (κ3) is 2.18. The van der Waals surface area contributed by atoms with Crippen molar-refractivity contribution < 1.29 is 5.11 Å². The zero-order chi connectivity index (χ0) is 12.5. The molecule has 1 aromatic heterocycles. The standard InChI is InChI=1S/C16H23NO/c1-11-10-14(12-6-3-2-4-7-12)13-8-5-9-15(18)16(13)17-11/h10,12,15,18H,2-9H2,1H3. The monoisotopic (exact) mass is 245 g/mol. The Hall–Kier alpha value is -0.890. The van der Waals surface area contributed by atoms with Gasteiger partial charge in [-0.3, -0.25) is 4.98 Å². The predicted octanol–water partition coefficient (Wildman–Crippen LogP) is 3.81. The van der Waals surface area contributed by atoms with Gasteiger partial charge in [-0.2, -0.15) is 0 Å². The van der Waals surface area contributed by atoms with Crippen molar-refractivity contribution in [3.63, 3.8) is 0 Å². The Kier molecular flexibility index (Phi) is 3.38.